The van der Waals surface area contributed by atoms with Crippen molar-refractivity contribution >= 4 is 0 Å². The molecular weight excluding hydrogens is 124 g/mol. The Labute approximate surface area is 62.4 Å². The molecule has 1 saturated carbocycles. The van der Waals surface area contributed by atoms with Crippen molar-refractivity contribution in [2.45, 2.75) is 44.1 Å². The van der Waals surface area contributed by atoms with Crippen molar-refractivity contribution in [2.24, 2.45) is 0 Å². The lowest BCUT2D eigenvalue weighted by Gasteiger charge is -2.32. The van der Waals surface area contributed by atoms with Crippen LogP contribution in [0, 0.1) is 0 Å². The molecule has 1 aliphatic heterocycles. The first kappa shape index (κ1) is 6.62. The Morgan fingerprint density at radius 2 is 1.80 bits per heavy atom. The van der Waals surface area contributed by atoms with Gasteiger partial charge in [0.25, 0.3) is 0 Å². The molecule has 0 aromatic heterocycles. The number of nitrogens with one attached hydrogen (secondary N) is 1. The van der Waals surface area contributed by atoms with Crippen molar-refractivity contribution in [3.05, 3.63) is 0 Å². The summed E-state index contributed by atoms with van der Waals surface area (Å²) in [6, 6.07) is 0. The number of hydrogen-bond acceptors (Lipinski definition) is 1. The predicted octanol–water partition coefficient (Wildman–Crippen LogP) is 1.20. The van der Waals surface area contributed by atoms with Crippen molar-refractivity contribution in [2.75, 3.05) is 6.54 Å². The number of rotatable bonds is 0. The van der Waals surface area contributed by atoms with Gasteiger partial charge in [0.05, 0.1) is 0 Å². The second-order valence-electron chi connectivity index (χ2n) is 3.58. The highest BCUT2D eigenvalue weighted by Gasteiger charge is 2.34. The molecule has 2 heteroatoms. The smallest absolute Gasteiger partial charge is 0.0353 e. The molecule has 2 fully saturated rings. The maximum atomic E-state index is 4.21. The fourth-order valence-corrected chi connectivity index (χ4v) is 2.14. The third kappa shape index (κ3) is 1.06. The van der Waals surface area contributed by atoms with E-state index in [-0.39, 0.29) is 0 Å². The average molecular weight is 139 g/mol. The van der Waals surface area contributed by atoms with Crippen molar-refractivity contribution in [3.63, 3.8) is 0 Å². The van der Waals surface area contributed by atoms with E-state index in [2.05, 4.69) is 10.9 Å². The van der Waals surface area contributed by atoms with Crippen molar-refractivity contribution < 1.29 is 0 Å². The Hall–Kier alpha value is -0.0800. The summed E-state index contributed by atoms with van der Waals surface area (Å²) >= 11 is 0. The van der Waals surface area contributed by atoms with Crippen LogP contribution in [0.4, 0.5) is 0 Å². The largest absolute Gasteiger partial charge is 0.234 e. The minimum atomic E-state index is 0.457. The predicted molar refractivity (Wildman–Crippen MR) is 40.6 cm³/mol. The lowest BCUT2D eigenvalue weighted by Crippen LogP contribution is -2.42. The molecule has 0 aromatic rings. The highest BCUT2D eigenvalue weighted by Crippen LogP contribution is 2.32. The molecule has 1 spiro atoms. The van der Waals surface area contributed by atoms with Crippen LogP contribution in [-0.2, 0) is 0 Å². The molecule has 57 valence electrons. The van der Waals surface area contributed by atoms with E-state index in [1.807, 2.05) is 0 Å². The Bertz CT molecular complexity index is 108. The summed E-state index contributed by atoms with van der Waals surface area (Å²) in [5, 5.41) is 0. The van der Waals surface area contributed by atoms with Crippen molar-refractivity contribution in [1.29, 1.82) is 0 Å². The van der Waals surface area contributed by atoms with Crippen LogP contribution in [-0.4, -0.2) is 12.1 Å². The van der Waals surface area contributed by atoms with Crippen LogP contribution in [0.1, 0.15) is 38.5 Å². The third-order valence-corrected chi connectivity index (χ3v) is 2.83. The summed E-state index contributed by atoms with van der Waals surface area (Å²) in [6.07, 6.45) is 8.24. The van der Waals surface area contributed by atoms with Gasteiger partial charge in [-0.05, 0) is 19.3 Å². The van der Waals surface area contributed by atoms with E-state index >= 15 is 0 Å². The third-order valence-electron chi connectivity index (χ3n) is 2.83. The summed E-state index contributed by atoms with van der Waals surface area (Å²) in [6.45, 7) is 1.04. The van der Waals surface area contributed by atoms with Crippen LogP contribution in [0.5, 0.6) is 0 Å². The number of nitrogens with zero attached hydrogens (tertiary/aromatic N) is 1. The zero-order valence-corrected chi connectivity index (χ0v) is 6.40. The van der Waals surface area contributed by atoms with Crippen molar-refractivity contribution in [1.82, 2.24) is 10.9 Å². The van der Waals surface area contributed by atoms with Crippen LogP contribution < -0.4 is 10.9 Å². The normalized spacial score (nSPS) is 31.2. The first-order valence-electron chi connectivity index (χ1n) is 4.35. The zero-order chi connectivity index (χ0) is 6.86. The average Bonchev–Trinajstić information content (AvgIpc) is 2.39. The standard InChI is InChI=1S/C8H15N2/c1-2-4-8(5-3-1)6-7-9-10-8/h10H,1-7H2. The van der Waals surface area contributed by atoms with E-state index < -0.39 is 0 Å². The highest BCUT2D eigenvalue weighted by molar-refractivity contribution is 4.93. The second-order valence-corrected chi connectivity index (χ2v) is 3.58. The summed E-state index contributed by atoms with van der Waals surface area (Å²) in [4.78, 5) is 0. The lowest BCUT2D eigenvalue weighted by atomic mass is 9.81. The number of hydrogen-bond donors (Lipinski definition) is 1. The quantitative estimate of drug-likeness (QED) is 0.536. The van der Waals surface area contributed by atoms with Gasteiger partial charge in [-0.3, -0.25) is 0 Å². The zero-order valence-electron chi connectivity index (χ0n) is 6.40. The van der Waals surface area contributed by atoms with Gasteiger partial charge in [0, 0.05) is 12.1 Å². The first-order valence-corrected chi connectivity index (χ1v) is 4.35. The molecule has 10 heavy (non-hydrogen) atoms. The molecule has 0 atom stereocenters. The molecule has 1 saturated heterocycles. The summed E-state index contributed by atoms with van der Waals surface area (Å²) in [5.74, 6) is 0. The van der Waals surface area contributed by atoms with Crippen molar-refractivity contribution in [3.8, 4) is 0 Å². The van der Waals surface area contributed by atoms with E-state index in [0.29, 0.717) is 5.54 Å². The van der Waals surface area contributed by atoms with Crippen LogP contribution in [0.25, 0.3) is 0 Å². The maximum Gasteiger partial charge on any atom is 0.0353 e. The van der Waals surface area contributed by atoms with Gasteiger partial charge < -0.3 is 0 Å². The molecule has 1 N–H and O–H groups in total. The van der Waals surface area contributed by atoms with E-state index in [0.717, 1.165) is 6.54 Å². The first-order chi connectivity index (χ1) is 4.91. The van der Waals surface area contributed by atoms with Gasteiger partial charge in [0.2, 0.25) is 0 Å². The molecule has 0 aromatic carbocycles. The molecule has 0 amide bonds. The van der Waals surface area contributed by atoms with E-state index in [1.54, 1.807) is 0 Å². The van der Waals surface area contributed by atoms with Gasteiger partial charge in [0.15, 0.2) is 0 Å². The van der Waals surface area contributed by atoms with Crippen LogP contribution in [0.2, 0.25) is 0 Å². The highest BCUT2D eigenvalue weighted by atomic mass is 15.4. The summed E-state index contributed by atoms with van der Waals surface area (Å²) in [5.41, 5.74) is 7.96. The molecule has 2 nitrogen and oxygen atoms in total. The monoisotopic (exact) mass is 139 g/mol. The Kier molecular flexibility index (Phi) is 1.66. The minimum absolute atomic E-state index is 0.457. The SMILES string of the molecule is C1CCC2(CC1)CC[N]N2. The van der Waals surface area contributed by atoms with Crippen LogP contribution in [0.3, 0.4) is 0 Å². The Balaban J connectivity index is 1.98. The molecule has 1 aliphatic carbocycles. The summed E-state index contributed by atoms with van der Waals surface area (Å²) < 4.78 is 0. The van der Waals surface area contributed by atoms with Crippen LogP contribution in [0.15, 0.2) is 0 Å². The topological polar surface area (TPSA) is 26.1 Å². The van der Waals surface area contributed by atoms with Crippen LogP contribution >= 0.6 is 0 Å². The fraction of sp³-hybridized carbons (Fsp3) is 1.00. The minimum Gasteiger partial charge on any atom is -0.234 e. The Morgan fingerprint density at radius 1 is 1.00 bits per heavy atom. The maximum absolute atomic E-state index is 4.21. The Morgan fingerprint density at radius 3 is 2.40 bits per heavy atom. The molecule has 2 rings (SSSR count). The second kappa shape index (κ2) is 2.51. The molecular formula is C8H15N2. The van der Waals surface area contributed by atoms with Gasteiger partial charge in [-0.1, -0.05) is 19.3 Å². The molecule has 0 bridgehead atoms. The summed E-state index contributed by atoms with van der Waals surface area (Å²) in [7, 11) is 0. The molecule has 2 aliphatic rings. The van der Waals surface area contributed by atoms with E-state index in [9.17, 15) is 0 Å². The van der Waals surface area contributed by atoms with Gasteiger partial charge in [-0.2, -0.15) is 5.43 Å². The van der Waals surface area contributed by atoms with Gasteiger partial charge in [0.1, 0.15) is 0 Å². The van der Waals surface area contributed by atoms with Gasteiger partial charge in [-0.15, -0.1) is 0 Å². The van der Waals surface area contributed by atoms with Gasteiger partial charge >= 0.3 is 0 Å². The fourth-order valence-electron chi connectivity index (χ4n) is 2.14. The van der Waals surface area contributed by atoms with E-state index in [1.165, 1.54) is 38.5 Å². The van der Waals surface area contributed by atoms with Gasteiger partial charge in [-0.25, -0.2) is 5.43 Å². The molecule has 1 heterocycles. The molecule has 0 unspecified atom stereocenters. The lowest BCUT2D eigenvalue weighted by molar-refractivity contribution is 0.252. The van der Waals surface area contributed by atoms with E-state index in [4.69, 9.17) is 0 Å². The molecule has 1 radical (unpaired) electrons.